The van der Waals surface area contributed by atoms with Gasteiger partial charge in [0.2, 0.25) is 0 Å². The highest BCUT2D eigenvalue weighted by Gasteiger charge is 2.50. The van der Waals surface area contributed by atoms with Crippen molar-refractivity contribution in [2.45, 2.75) is 61.4 Å². The average Bonchev–Trinajstić information content (AvgIpc) is 2.55. The smallest absolute Gasteiger partial charge is 0.187 e. The molecule has 0 bridgehead atoms. The van der Waals surface area contributed by atoms with Crippen molar-refractivity contribution in [3.05, 3.63) is 0 Å². The highest BCUT2D eigenvalue weighted by Crippen LogP contribution is 2.28. The van der Waals surface area contributed by atoms with Crippen LogP contribution in [-0.4, -0.2) is 121 Å². The lowest BCUT2D eigenvalue weighted by Gasteiger charge is -2.45. The van der Waals surface area contributed by atoms with Gasteiger partial charge >= 0.3 is 0 Å². The fraction of sp³-hybridized carbons (Fsp3) is 1.00. The van der Waals surface area contributed by atoms with Gasteiger partial charge in [-0.1, -0.05) is 0 Å². The molecule has 0 saturated carbocycles. The Labute approximate surface area is 136 Å². The minimum Gasteiger partial charge on any atom is -0.412 e. The third-order valence-corrected chi connectivity index (χ3v) is 3.98. The van der Waals surface area contributed by atoms with E-state index in [1.54, 1.807) is 0 Å². The summed E-state index contributed by atoms with van der Waals surface area (Å²) < 4.78 is 15.3. The van der Waals surface area contributed by atoms with E-state index in [9.17, 15) is 35.7 Å². The maximum Gasteiger partial charge on any atom is 0.187 e. The van der Waals surface area contributed by atoms with Crippen LogP contribution in [0, 0.1) is 0 Å². The molecule has 0 aromatic heterocycles. The lowest BCUT2D eigenvalue weighted by molar-refractivity contribution is -0.355. The van der Waals surface area contributed by atoms with E-state index < -0.39 is 74.6 Å². The van der Waals surface area contributed by atoms with Crippen LogP contribution in [-0.2, 0) is 14.2 Å². The SMILES string of the molecule is O.OC[C@H]1O[C@@H](O[C@@H]2[C@H](O)[C@@H](O)[C@@H](O)O[C@@H]2CO)[C@@H](O)[C@@H](O)[C@H]1O. The highest BCUT2D eigenvalue weighted by atomic mass is 16.7. The van der Waals surface area contributed by atoms with Gasteiger partial charge in [0.25, 0.3) is 0 Å². The third-order valence-electron chi connectivity index (χ3n) is 3.98. The molecule has 0 radical (unpaired) electrons. The quantitative estimate of drug-likeness (QED) is 0.235. The molecule has 0 aromatic carbocycles. The summed E-state index contributed by atoms with van der Waals surface area (Å²) in [7, 11) is 0. The maximum atomic E-state index is 9.94. The highest BCUT2D eigenvalue weighted by molar-refractivity contribution is 4.93. The lowest BCUT2D eigenvalue weighted by Crippen LogP contribution is -2.64. The minimum atomic E-state index is -1.74. The van der Waals surface area contributed by atoms with Gasteiger partial charge in [-0.15, -0.1) is 0 Å². The molecule has 2 heterocycles. The van der Waals surface area contributed by atoms with Crippen LogP contribution in [0.5, 0.6) is 0 Å². The normalized spacial score (nSPS) is 49.5. The summed E-state index contributed by atoms with van der Waals surface area (Å²) in [5, 5.41) is 76.5. The molecule has 0 aromatic rings. The number of hydrogen-bond acceptors (Lipinski definition) is 11. The molecule has 10 atom stereocenters. The fourth-order valence-electron chi connectivity index (χ4n) is 2.57. The molecule has 0 unspecified atom stereocenters. The topological polar surface area (TPSA) is 221 Å². The molecule has 0 aliphatic carbocycles. The van der Waals surface area contributed by atoms with Gasteiger partial charge < -0.3 is 60.5 Å². The molecule has 2 aliphatic heterocycles. The summed E-state index contributed by atoms with van der Waals surface area (Å²) in [6, 6.07) is 0. The van der Waals surface area contributed by atoms with E-state index in [4.69, 9.17) is 19.3 Å². The van der Waals surface area contributed by atoms with Gasteiger partial charge in [0, 0.05) is 0 Å². The van der Waals surface area contributed by atoms with Crippen molar-refractivity contribution in [1.82, 2.24) is 0 Å². The van der Waals surface area contributed by atoms with Crippen molar-refractivity contribution in [3.63, 3.8) is 0 Å². The Morgan fingerprint density at radius 1 is 0.667 bits per heavy atom. The van der Waals surface area contributed by atoms with Crippen LogP contribution in [0.2, 0.25) is 0 Å². The van der Waals surface area contributed by atoms with Crippen molar-refractivity contribution in [1.29, 1.82) is 0 Å². The molecule has 0 amide bonds. The van der Waals surface area contributed by atoms with Crippen molar-refractivity contribution in [2.75, 3.05) is 13.2 Å². The Kier molecular flexibility index (Phi) is 7.86. The molecule has 2 aliphatic rings. The van der Waals surface area contributed by atoms with E-state index in [1.165, 1.54) is 0 Å². The van der Waals surface area contributed by atoms with Crippen LogP contribution in [0.25, 0.3) is 0 Å². The maximum absolute atomic E-state index is 9.94. The van der Waals surface area contributed by atoms with Crippen LogP contribution in [0.3, 0.4) is 0 Å². The molecule has 0 spiro atoms. The molecular weight excluding hydrogens is 336 g/mol. The Balaban J connectivity index is 0.00000288. The number of aliphatic hydroxyl groups excluding tert-OH is 8. The van der Waals surface area contributed by atoms with Gasteiger partial charge in [-0.25, -0.2) is 0 Å². The predicted octanol–water partition coefficient (Wildman–Crippen LogP) is -6.22. The van der Waals surface area contributed by atoms with E-state index in [0.29, 0.717) is 0 Å². The molecule has 144 valence electrons. The first-order chi connectivity index (χ1) is 10.8. The van der Waals surface area contributed by atoms with Gasteiger partial charge in [0.15, 0.2) is 12.6 Å². The van der Waals surface area contributed by atoms with Gasteiger partial charge in [-0.05, 0) is 0 Å². The van der Waals surface area contributed by atoms with Gasteiger partial charge in [-0.2, -0.15) is 0 Å². The molecule has 12 heteroatoms. The predicted molar refractivity (Wildman–Crippen MR) is 72.2 cm³/mol. The first kappa shape index (κ1) is 21.6. The van der Waals surface area contributed by atoms with Crippen LogP contribution in [0.4, 0.5) is 0 Å². The van der Waals surface area contributed by atoms with Gasteiger partial charge in [-0.3, -0.25) is 0 Å². The van der Waals surface area contributed by atoms with Gasteiger partial charge in [0.1, 0.15) is 48.8 Å². The van der Waals surface area contributed by atoms with Crippen molar-refractivity contribution in [3.8, 4) is 0 Å². The summed E-state index contributed by atoms with van der Waals surface area (Å²) in [5.74, 6) is 0. The molecule has 12 nitrogen and oxygen atoms in total. The standard InChI is InChI=1S/C12H22O11.H2O/c13-1-3-5(15)6(16)9(19)12(22-3)23-10-4(2-14)21-11(20)8(18)7(10)17;/h3-20H,1-2H2;1H2/t3-,4-,5+,6+,7-,8-,9+,10+,11+,12+;/m1./s1. The summed E-state index contributed by atoms with van der Waals surface area (Å²) in [4.78, 5) is 0. The fourth-order valence-corrected chi connectivity index (χ4v) is 2.57. The average molecular weight is 360 g/mol. The van der Waals surface area contributed by atoms with E-state index in [2.05, 4.69) is 0 Å². The van der Waals surface area contributed by atoms with E-state index in [0.717, 1.165) is 0 Å². The van der Waals surface area contributed by atoms with Crippen molar-refractivity contribution in [2.24, 2.45) is 0 Å². The summed E-state index contributed by atoms with van der Waals surface area (Å²) in [6.07, 6.45) is -15.6. The monoisotopic (exact) mass is 360 g/mol. The van der Waals surface area contributed by atoms with Crippen molar-refractivity contribution < 1.29 is 60.5 Å². The Morgan fingerprint density at radius 2 is 1.25 bits per heavy atom. The second-order valence-electron chi connectivity index (χ2n) is 5.53. The molecule has 2 fully saturated rings. The molecule has 24 heavy (non-hydrogen) atoms. The number of ether oxygens (including phenoxy) is 3. The van der Waals surface area contributed by atoms with Gasteiger partial charge in [0.05, 0.1) is 13.2 Å². The number of rotatable bonds is 4. The van der Waals surface area contributed by atoms with E-state index in [1.807, 2.05) is 0 Å². The first-order valence-electron chi connectivity index (χ1n) is 7.08. The number of aliphatic hydroxyl groups is 8. The zero-order valence-electron chi connectivity index (χ0n) is 12.5. The molecule has 2 rings (SSSR count). The summed E-state index contributed by atoms with van der Waals surface area (Å²) in [6.45, 7) is -1.35. The molecule has 10 N–H and O–H groups in total. The molecular formula is C12H24O12. The van der Waals surface area contributed by atoms with Crippen LogP contribution >= 0.6 is 0 Å². The molecule has 2 saturated heterocycles. The number of hydrogen-bond donors (Lipinski definition) is 8. The minimum absolute atomic E-state index is 0. The van der Waals surface area contributed by atoms with E-state index >= 15 is 0 Å². The van der Waals surface area contributed by atoms with Crippen molar-refractivity contribution >= 4 is 0 Å². The Bertz CT molecular complexity index is 379. The van der Waals surface area contributed by atoms with Crippen LogP contribution in [0.1, 0.15) is 0 Å². The Hall–Kier alpha value is -0.480. The third kappa shape index (κ3) is 4.01. The zero-order chi connectivity index (χ0) is 17.3. The second-order valence-corrected chi connectivity index (χ2v) is 5.53. The summed E-state index contributed by atoms with van der Waals surface area (Å²) in [5.41, 5.74) is 0. The van der Waals surface area contributed by atoms with E-state index in [-0.39, 0.29) is 5.48 Å². The summed E-state index contributed by atoms with van der Waals surface area (Å²) >= 11 is 0. The second kappa shape index (κ2) is 8.75. The Morgan fingerprint density at radius 3 is 1.79 bits per heavy atom. The zero-order valence-corrected chi connectivity index (χ0v) is 12.5. The lowest BCUT2D eigenvalue weighted by atomic mass is 9.97. The van der Waals surface area contributed by atoms with Crippen LogP contribution in [0.15, 0.2) is 0 Å². The van der Waals surface area contributed by atoms with Crippen LogP contribution < -0.4 is 0 Å². The first-order valence-corrected chi connectivity index (χ1v) is 7.08. The largest absolute Gasteiger partial charge is 0.412 e.